The number of carbonyl (C=O) groups excluding carboxylic acids is 1. The highest BCUT2D eigenvalue weighted by atomic mass is 79.9. The molecule has 2 atom stereocenters. The lowest BCUT2D eigenvalue weighted by atomic mass is 9.89. The van der Waals surface area contributed by atoms with Crippen molar-refractivity contribution in [3.8, 4) is 0 Å². The topological polar surface area (TPSA) is 107 Å². The molecule has 0 heterocycles. The Labute approximate surface area is 167 Å². The fraction of sp³-hybridized carbons (Fsp3) is 0.421. The number of benzene rings is 1. The number of amides is 1. The smallest absolute Gasteiger partial charge is 0.328 e. The summed E-state index contributed by atoms with van der Waals surface area (Å²) in [6, 6.07) is 8.23. The Balaban J connectivity index is 0.000000387. The minimum absolute atomic E-state index is 0.0336. The summed E-state index contributed by atoms with van der Waals surface area (Å²) in [6.07, 6.45) is 5.82. The van der Waals surface area contributed by atoms with E-state index in [2.05, 4.69) is 40.2 Å². The van der Waals surface area contributed by atoms with E-state index in [0.717, 1.165) is 22.9 Å². The van der Waals surface area contributed by atoms with Gasteiger partial charge in [0, 0.05) is 34.3 Å². The molecule has 8 heteroatoms. The largest absolute Gasteiger partial charge is 0.478 e. The molecule has 1 fully saturated rings. The van der Waals surface area contributed by atoms with Crippen LogP contribution in [0, 0.1) is 0 Å². The molecule has 1 aliphatic rings. The molecule has 7 nitrogen and oxygen atoms in total. The Morgan fingerprint density at radius 2 is 1.56 bits per heavy atom. The van der Waals surface area contributed by atoms with Crippen molar-refractivity contribution in [1.29, 1.82) is 0 Å². The fourth-order valence-electron chi connectivity index (χ4n) is 2.89. The molecule has 1 aromatic rings. The average molecular weight is 441 g/mol. The summed E-state index contributed by atoms with van der Waals surface area (Å²) in [4.78, 5) is 33.6. The van der Waals surface area contributed by atoms with E-state index in [9.17, 15) is 14.4 Å². The SMILES string of the molecule is CN(C)[C@@H]1CCCC[C@H]1NC(=O)c1ccc(Br)cc1.O=C(O)/C=C\C(=O)O. The first-order valence-electron chi connectivity index (χ1n) is 8.57. The molecule has 0 saturated heterocycles. The van der Waals surface area contributed by atoms with Crippen LogP contribution in [0.3, 0.4) is 0 Å². The van der Waals surface area contributed by atoms with Crippen molar-refractivity contribution in [2.75, 3.05) is 14.1 Å². The molecule has 1 saturated carbocycles. The monoisotopic (exact) mass is 440 g/mol. The van der Waals surface area contributed by atoms with E-state index in [1.165, 1.54) is 12.8 Å². The fourth-order valence-corrected chi connectivity index (χ4v) is 3.16. The lowest BCUT2D eigenvalue weighted by Gasteiger charge is -2.36. The van der Waals surface area contributed by atoms with Gasteiger partial charge in [-0.15, -0.1) is 0 Å². The molecule has 0 spiro atoms. The number of nitrogens with zero attached hydrogens (tertiary/aromatic N) is 1. The van der Waals surface area contributed by atoms with E-state index in [0.29, 0.717) is 18.2 Å². The van der Waals surface area contributed by atoms with Gasteiger partial charge in [0.25, 0.3) is 5.91 Å². The van der Waals surface area contributed by atoms with Gasteiger partial charge < -0.3 is 20.4 Å². The number of likely N-dealkylation sites (N-methyl/N-ethyl adjacent to an activating group) is 1. The van der Waals surface area contributed by atoms with E-state index in [4.69, 9.17) is 10.2 Å². The number of nitrogens with one attached hydrogen (secondary N) is 1. The number of carbonyl (C=O) groups is 3. The van der Waals surface area contributed by atoms with Crippen molar-refractivity contribution in [1.82, 2.24) is 10.2 Å². The number of hydrogen-bond donors (Lipinski definition) is 3. The van der Waals surface area contributed by atoms with E-state index in [1.54, 1.807) is 0 Å². The summed E-state index contributed by atoms with van der Waals surface area (Å²) >= 11 is 3.38. The van der Waals surface area contributed by atoms with Crippen LogP contribution in [0.1, 0.15) is 36.0 Å². The molecular formula is C19H25BrN2O5. The van der Waals surface area contributed by atoms with Crippen LogP contribution in [0.2, 0.25) is 0 Å². The number of hydrogen-bond acceptors (Lipinski definition) is 4. The van der Waals surface area contributed by atoms with Gasteiger partial charge in [-0.05, 0) is 51.2 Å². The predicted molar refractivity (Wildman–Crippen MR) is 106 cm³/mol. The van der Waals surface area contributed by atoms with Crippen molar-refractivity contribution in [2.24, 2.45) is 0 Å². The highest BCUT2D eigenvalue weighted by Crippen LogP contribution is 2.22. The number of halogens is 1. The molecule has 2 rings (SSSR count). The Morgan fingerprint density at radius 1 is 1.04 bits per heavy atom. The standard InChI is InChI=1S/C15H21BrN2O.C4H4O4/c1-18(2)14-6-4-3-5-13(14)17-15(19)11-7-9-12(16)10-8-11;5-3(6)1-2-4(7)8/h7-10,13-14H,3-6H2,1-2H3,(H,17,19);1-2H,(H,5,6)(H,7,8)/b;2-1-/t13-,14-;/m1./s1. The van der Waals surface area contributed by atoms with Gasteiger partial charge in [-0.1, -0.05) is 28.8 Å². The Kier molecular flexibility index (Phi) is 9.74. The molecule has 0 radical (unpaired) electrons. The van der Waals surface area contributed by atoms with Crippen molar-refractivity contribution < 1.29 is 24.6 Å². The van der Waals surface area contributed by atoms with Crippen LogP contribution in [0.5, 0.6) is 0 Å². The first-order chi connectivity index (χ1) is 12.7. The number of carboxylic acid groups (broad SMARTS) is 2. The van der Waals surface area contributed by atoms with Crippen molar-refractivity contribution >= 4 is 33.8 Å². The summed E-state index contributed by atoms with van der Waals surface area (Å²) in [5.41, 5.74) is 0.728. The van der Waals surface area contributed by atoms with E-state index in [-0.39, 0.29) is 11.9 Å². The van der Waals surface area contributed by atoms with Gasteiger partial charge in [-0.2, -0.15) is 0 Å². The average Bonchev–Trinajstić information content (AvgIpc) is 2.61. The third-order valence-corrected chi connectivity index (χ3v) is 4.71. The highest BCUT2D eigenvalue weighted by molar-refractivity contribution is 9.10. The summed E-state index contributed by atoms with van der Waals surface area (Å²) in [5.74, 6) is -2.48. The molecule has 1 aliphatic carbocycles. The van der Waals surface area contributed by atoms with Crippen LogP contribution in [-0.2, 0) is 9.59 Å². The number of rotatable bonds is 5. The van der Waals surface area contributed by atoms with Crippen LogP contribution in [-0.4, -0.2) is 59.1 Å². The zero-order chi connectivity index (χ0) is 20.4. The third-order valence-electron chi connectivity index (χ3n) is 4.18. The second-order valence-corrected chi connectivity index (χ2v) is 7.33. The quantitative estimate of drug-likeness (QED) is 0.607. The molecule has 1 amide bonds. The normalized spacial score (nSPS) is 19.3. The van der Waals surface area contributed by atoms with Gasteiger partial charge in [-0.3, -0.25) is 4.79 Å². The van der Waals surface area contributed by atoms with Crippen LogP contribution < -0.4 is 5.32 Å². The van der Waals surface area contributed by atoms with Crippen LogP contribution in [0.4, 0.5) is 0 Å². The zero-order valence-electron chi connectivity index (χ0n) is 15.4. The van der Waals surface area contributed by atoms with E-state index in [1.807, 2.05) is 24.3 Å². The maximum Gasteiger partial charge on any atom is 0.328 e. The maximum absolute atomic E-state index is 12.2. The Bertz CT molecular complexity index is 657. The molecule has 27 heavy (non-hydrogen) atoms. The van der Waals surface area contributed by atoms with E-state index >= 15 is 0 Å². The van der Waals surface area contributed by atoms with Crippen molar-refractivity contribution in [2.45, 2.75) is 37.8 Å². The van der Waals surface area contributed by atoms with Crippen molar-refractivity contribution in [3.63, 3.8) is 0 Å². The third kappa shape index (κ3) is 8.83. The van der Waals surface area contributed by atoms with Gasteiger partial charge in [0.05, 0.1) is 0 Å². The van der Waals surface area contributed by atoms with Gasteiger partial charge in [-0.25, -0.2) is 9.59 Å². The summed E-state index contributed by atoms with van der Waals surface area (Å²) in [5, 5.41) is 18.8. The first kappa shape index (κ1) is 22.9. The highest BCUT2D eigenvalue weighted by Gasteiger charge is 2.28. The molecule has 0 aromatic heterocycles. The van der Waals surface area contributed by atoms with Crippen LogP contribution in [0.15, 0.2) is 40.9 Å². The van der Waals surface area contributed by atoms with Gasteiger partial charge in [0.2, 0.25) is 0 Å². The summed E-state index contributed by atoms with van der Waals surface area (Å²) in [7, 11) is 4.18. The predicted octanol–water partition coefficient (Wildman–Crippen LogP) is 2.76. The number of carboxylic acids is 2. The first-order valence-corrected chi connectivity index (χ1v) is 9.36. The Morgan fingerprint density at radius 3 is 2.04 bits per heavy atom. The molecule has 0 unspecified atom stereocenters. The second kappa shape index (κ2) is 11.5. The lowest BCUT2D eigenvalue weighted by molar-refractivity contribution is -0.134. The van der Waals surface area contributed by atoms with Crippen molar-refractivity contribution in [3.05, 3.63) is 46.5 Å². The summed E-state index contributed by atoms with van der Waals surface area (Å²) < 4.78 is 0.993. The molecule has 0 bridgehead atoms. The maximum atomic E-state index is 12.2. The molecule has 148 valence electrons. The zero-order valence-corrected chi connectivity index (χ0v) is 17.0. The minimum Gasteiger partial charge on any atom is -0.478 e. The summed E-state index contributed by atoms with van der Waals surface area (Å²) in [6.45, 7) is 0. The van der Waals surface area contributed by atoms with Gasteiger partial charge >= 0.3 is 11.9 Å². The Hall–Kier alpha value is -2.19. The van der Waals surface area contributed by atoms with Crippen LogP contribution in [0.25, 0.3) is 0 Å². The lowest BCUT2D eigenvalue weighted by Crippen LogP contribution is -2.51. The van der Waals surface area contributed by atoms with Crippen LogP contribution >= 0.6 is 15.9 Å². The molecule has 1 aromatic carbocycles. The minimum atomic E-state index is -1.26. The molecule has 3 N–H and O–H groups in total. The second-order valence-electron chi connectivity index (χ2n) is 6.41. The van der Waals surface area contributed by atoms with Gasteiger partial charge in [0.15, 0.2) is 0 Å². The molecule has 0 aliphatic heterocycles. The molecular weight excluding hydrogens is 416 g/mol. The van der Waals surface area contributed by atoms with E-state index < -0.39 is 11.9 Å². The van der Waals surface area contributed by atoms with Gasteiger partial charge in [0.1, 0.15) is 0 Å². The number of aliphatic carboxylic acids is 2.